The first kappa shape index (κ1) is 14.7. The fourth-order valence-electron chi connectivity index (χ4n) is 2.34. The summed E-state index contributed by atoms with van der Waals surface area (Å²) in [5.74, 6) is -0.821. The molecule has 0 aliphatic heterocycles. The molecule has 1 N–H and O–H groups in total. The highest BCUT2D eigenvalue weighted by molar-refractivity contribution is 6.16. The van der Waals surface area contributed by atoms with Gasteiger partial charge in [-0.05, 0) is 40.5 Å². The highest BCUT2D eigenvalue weighted by Gasteiger charge is 2.59. The van der Waals surface area contributed by atoms with E-state index in [0.29, 0.717) is 19.4 Å². The van der Waals surface area contributed by atoms with Crippen molar-refractivity contribution in [2.75, 3.05) is 13.2 Å². The molecule has 0 bridgehead atoms. The van der Waals surface area contributed by atoms with Gasteiger partial charge >= 0.3 is 5.97 Å². The van der Waals surface area contributed by atoms with E-state index in [1.54, 1.807) is 27.7 Å². The Kier molecular flexibility index (Phi) is 4.14. The summed E-state index contributed by atoms with van der Waals surface area (Å²) in [6.07, 6.45) is 0.844. The van der Waals surface area contributed by atoms with Gasteiger partial charge in [0.1, 0.15) is 10.8 Å². The predicted molar refractivity (Wildman–Crippen MR) is 66.4 cm³/mol. The highest BCUT2D eigenvalue weighted by atomic mass is 16.5. The largest absolute Gasteiger partial charge is 0.481 e. The second kappa shape index (κ2) is 5.08. The Hall–Kier alpha value is -1.39. The minimum absolute atomic E-state index is 0.0528. The van der Waals surface area contributed by atoms with Crippen molar-refractivity contribution in [3.05, 3.63) is 0 Å². The molecule has 0 heterocycles. The lowest BCUT2D eigenvalue weighted by Crippen LogP contribution is -2.43. The van der Waals surface area contributed by atoms with Crippen LogP contribution in [0.2, 0.25) is 0 Å². The van der Waals surface area contributed by atoms with Gasteiger partial charge in [0.25, 0.3) is 0 Å². The average Bonchev–Trinajstić information content (AvgIpc) is 2.57. The molecule has 18 heavy (non-hydrogen) atoms. The molecule has 2 unspecified atom stereocenters. The van der Waals surface area contributed by atoms with Gasteiger partial charge in [0.15, 0.2) is 11.7 Å². The zero-order valence-electron chi connectivity index (χ0n) is 11.5. The molecule has 1 aliphatic carbocycles. The van der Waals surface area contributed by atoms with Gasteiger partial charge in [0.2, 0.25) is 0 Å². The van der Waals surface area contributed by atoms with E-state index in [-0.39, 0.29) is 18.3 Å². The SMILES string of the molecule is CCOC(=N)C1(C)CCC(C)(C(=O)OCC)C1=O. The Bertz CT molecular complexity index is 345. The number of carbonyl (C=O) groups excluding carboxylic acids is 2. The quantitative estimate of drug-likeness (QED) is 0.360. The molecular formula is C13H21NO4. The minimum atomic E-state index is -1.14. The Morgan fingerprint density at radius 3 is 2.17 bits per heavy atom. The first-order valence-corrected chi connectivity index (χ1v) is 6.27. The van der Waals surface area contributed by atoms with E-state index >= 15 is 0 Å². The van der Waals surface area contributed by atoms with Gasteiger partial charge in [-0.1, -0.05) is 0 Å². The van der Waals surface area contributed by atoms with E-state index in [2.05, 4.69) is 0 Å². The number of nitrogens with one attached hydrogen (secondary N) is 1. The molecule has 1 rings (SSSR count). The maximum atomic E-state index is 12.5. The van der Waals surface area contributed by atoms with Crippen LogP contribution < -0.4 is 0 Å². The number of ether oxygens (including phenoxy) is 2. The Morgan fingerprint density at radius 2 is 1.67 bits per heavy atom. The molecule has 0 aromatic carbocycles. The van der Waals surface area contributed by atoms with Crippen molar-refractivity contribution in [2.45, 2.75) is 40.5 Å². The zero-order valence-corrected chi connectivity index (χ0v) is 11.5. The summed E-state index contributed by atoms with van der Waals surface area (Å²) in [5.41, 5.74) is -2.15. The topological polar surface area (TPSA) is 76.4 Å². The second-order valence-electron chi connectivity index (χ2n) is 4.98. The van der Waals surface area contributed by atoms with Crippen LogP contribution in [0.15, 0.2) is 0 Å². The van der Waals surface area contributed by atoms with Crippen molar-refractivity contribution in [1.82, 2.24) is 0 Å². The third-order valence-corrected chi connectivity index (χ3v) is 3.64. The third-order valence-electron chi connectivity index (χ3n) is 3.64. The van der Waals surface area contributed by atoms with Crippen LogP contribution in [0, 0.1) is 16.2 Å². The van der Waals surface area contributed by atoms with E-state index in [1.807, 2.05) is 0 Å². The summed E-state index contributed by atoms with van der Waals surface area (Å²) in [6.45, 7) is 7.33. The van der Waals surface area contributed by atoms with E-state index in [0.717, 1.165) is 0 Å². The van der Waals surface area contributed by atoms with Crippen LogP contribution >= 0.6 is 0 Å². The molecule has 5 heteroatoms. The number of hydrogen-bond donors (Lipinski definition) is 1. The molecule has 1 fully saturated rings. The predicted octanol–water partition coefficient (Wildman–Crippen LogP) is 1.94. The van der Waals surface area contributed by atoms with Crippen molar-refractivity contribution < 1.29 is 19.1 Å². The molecule has 0 aromatic heterocycles. The lowest BCUT2D eigenvalue weighted by molar-refractivity contribution is -0.158. The molecule has 0 amide bonds. The summed E-state index contributed by atoms with van der Waals surface area (Å²) in [5, 5.41) is 7.84. The number of esters is 1. The van der Waals surface area contributed by atoms with Gasteiger partial charge in [-0.25, -0.2) is 0 Å². The van der Waals surface area contributed by atoms with Crippen molar-refractivity contribution in [3.63, 3.8) is 0 Å². The monoisotopic (exact) mass is 255 g/mol. The van der Waals surface area contributed by atoms with E-state index < -0.39 is 16.8 Å². The van der Waals surface area contributed by atoms with Crippen molar-refractivity contribution in [2.24, 2.45) is 10.8 Å². The normalized spacial score (nSPS) is 31.2. The maximum absolute atomic E-state index is 12.5. The van der Waals surface area contributed by atoms with Gasteiger partial charge in [0, 0.05) is 0 Å². The zero-order chi connectivity index (χ0) is 14.0. The molecule has 2 atom stereocenters. The van der Waals surface area contributed by atoms with Crippen molar-refractivity contribution >= 4 is 17.7 Å². The van der Waals surface area contributed by atoms with Crippen LogP contribution in [0.5, 0.6) is 0 Å². The summed E-state index contributed by atoms with van der Waals surface area (Å²) >= 11 is 0. The summed E-state index contributed by atoms with van der Waals surface area (Å²) in [4.78, 5) is 24.4. The standard InChI is InChI=1S/C13H21NO4/c1-5-17-10(14)12(3)7-8-13(4,9(12)15)11(16)18-6-2/h14H,5-8H2,1-4H3. The smallest absolute Gasteiger partial charge is 0.319 e. The van der Waals surface area contributed by atoms with Crippen molar-refractivity contribution in [3.8, 4) is 0 Å². The lowest BCUT2D eigenvalue weighted by atomic mass is 9.80. The number of Topliss-reactive ketones (excluding diaryl/α,β-unsaturated/α-hetero) is 1. The van der Waals surface area contributed by atoms with Crippen LogP contribution in [0.3, 0.4) is 0 Å². The molecule has 0 radical (unpaired) electrons. The van der Waals surface area contributed by atoms with Gasteiger partial charge in [0.05, 0.1) is 13.2 Å². The summed E-state index contributed by atoms with van der Waals surface area (Å²) in [6, 6.07) is 0. The lowest BCUT2D eigenvalue weighted by Gasteiger charge is -2.26. The fraction of sp³-hybridized carbons (Fsp3) is 0.769. The maximum Gasteiger partial charge on any atom is 0.319 e. The second-order valence-corrected chi connectivity index (χ2v) is 4.98. The molecule has 102 valence electrons. The molecule has 0 spiro atoms. The van der Waals surface area contributed by atoms with Gasteiger partial charge in [-0.15, -0.1) is 0 Å². The van der Waals surface area contributed by atoms with Crippen LogP contribution in [0.4, 0.5) is 0 Å². The number of rotatable bonds is 4. The Balaban J connectivity index is 2.96. The molecule has 5 nitrogen and oxygen atoms in total. The van der Waals surface area contributed by atoms with Crippen LogP contribution in [0.1, 0.15) is 40.5 Å². The Labute approximate surface area is 107 Å². The minimum Gasteiger partial charge on any atom is -0.481 e. The van der Waals surface area contributed by atoms with Crippen LogP contribution in [0.25, 0.3) is 0 Å². The fourth-order valence-corrected chi connectivity index (χ4v) is 2.34. The summed E-state index contributed by atoms with van der Waals surface area (Å²) < 4.78 is 10.1. The van der Waals surface area contributed by atoms with E-state index in [4.69, 9.17) is 14.9 Å². The highest BCUT2D eigenvalue weighted by Crippen LogP contribution is 2.47. The van der Waals surface area contributed by atoms with E-state index in [1.165, 1.54) is 0 Å². The van der Waals surface area contributed by atoms with Crippen molar-refractivity contribution in [1.29, 1.82) is 5.41 Å². The molecule has 0 aromatic rings. The molecule has 0 saturated heterocycles. The molecule has 1 saturated carbocycles. The van der Waals surface area contributed by atoms with Gasteiger partial charge < -0.3 is 9.47 Å². The Morgan fingerprint density at radius 1 is 1.17 bits per heavy atom. The number of carbonyl (C=O) groups is 2. The first-order valence-electron chi connectivity index (χ1n) is 6.27. The summed E-state index contributed by atoms with van der Waals surface area (Å²) in [7, 11) is 0. The van der Waals surface area contributed by atoms with E-state index in [9.17, 15) is 9.59 Å². The average molecular weight is 255 g/mol. The third kappa shape index (κ3) is 2.13. The van der Waals surface area contributed by atoms with Crippen LogP contribution in [-0.4, -0.2) is 30.9 Å². The van der Waals surface area contributed by atoms with Gasteiger partial charge in [-0.2, -0.15) is 0 Å². The number of ketones is 1. The molecule has 1 aliphatic rings. The number of hydrogen-bond acceptors (Lipinski definition) is 5. The van der Waals surface area contributed by atoms with Gasteiger partial charge in [-0.3, -0.25) is 15.0 Å². The van der Waals surface area contributed by atoms with Crippen LogP contribution in [-0.2, 0) is 19.1 Å². The molecular weight excluding hydrogens is 234 g/mol. The first-order chi connectivity index (χ1) is 8.32.